The number of hydrogen-bond donors (Lipinski definition) is 2. The van der Waals surface area contributed by atoms with Gasteiger partial charge in [0.05, 0.1) is 5.56 Å². The number of benzene rings is 1. The van der Waals surface area contributed by atoms with Crippen LogP contribution in [0.15, 0.2) is 22.7 Å². The third kappa shape index (κ3) is 5.64. The van der Waals surface area contributed by atoms with Crippen LogP contribution in [-0.4, -0.2) is 25.4 Å². The molecule has 0 aliphatic heterocycles. The first-order valence-corrected chi connectivity index (χ1v) is 6.95. The molecule has 0 atom stereocenters. The maximum atomic E-state index is 12.7. The first-order valence-electron chi connectivity index (χ1n) is 5.75. The van der Waals surface area contributed by atoms with E-state index in [-0.39, 0.29) is 15.3 Å². The van der Waals surface area contributed by atoms with Gasteiger partial charge in [0.2, 0.25) is 0 Å². The zero-order valence-electron chi connectivity index (χ0n) is 10.7. The molecule has 112 valence electrons. The highest BCUT2D eigenvalue weighted by Gasteiger charge is 2.33. The minimum absolute atomic E-state index is 0.00507. The zero-order chi connectivity index (χ0) is 15.2. The average molecular weight is 371 g/mol. The van der Waals surface area contributed by atoms with Crippen molar-refractivity contribution in [3.63, 3.8) is 0 Å². The van der Waals surface area contributed by atoms with Gasteiger partial charge in [-0.3, -0.25) is 0 Å². The predicted molar refractivity (Wildman–Crippen MR) is 79.9 cm³/mol. The molecule has 8 heteroatoms. The monoisotopic (exact) mass is 370 g/mol. The van der Waals surface area contributed by atoms with E-state index >= 15 is 0 Å². The van der Waals surface area contributed by atoms with Gasteiger partial charge < -0.3 is 15.4 Å². The van der Waals surface area contributed by atoms with Crippen LogP contribution in [0, 0.1) is 0 Å². The summed E-state index contributed by atoms with van der Waals surface area (Å²) in [5.41, 5.74) is -0.463. The van der Waals surface area contributed by atoms with Crippen LogP contribution in [0.1, 0.15) is 12.0 Å². The highest BCUT2D eigenvalue weighted by molar-refractivity contribution is 9.10. The van der Waals surface area contributed by atoms with E-state index in [1.165, 1.54) is 12.1 Å². The van der Waals surface area contributed by atoms with E-state index < -0.39 is 11.7 Å². The van der Waals surface area contributed by atoms with Gasteiger partial charge in [0, 0.05) is 30.4 Å². The number of ether oxygens (including phenoxy) is 1. The predicted octanol–water partition coefficient (Wildman–Crippen LogP) is 3.79. The summed E-state index contributed by atoms with van der Waals surface area (Å²) in [7, 11) is 1.59. The van der Waals surface area contributed by atoms with Gasteiger partial charge in [-0.2, -0.15) is 13.2 Å². The van der Waals surface area contributed by atoms with Crippen molar-refractivity contribution in [2.24, 2.45) is 0 Å². The second kappa shape index (κ2) is 7.80. The van der Waals surface area contributed by atoms with Crippen LogP contribution >= 0.6 is 28.1 Å². The number of hydrogen-bond acceptors (Lipinski definition) is 2. The molecule has 0 fully saturated rings. The van der Waals surface area contributed by atoms with Crippen molar-refractivity contribution in [2.45, 2.75) is 12.6 Å². The van der Waals surface area contributed by atoms with Gasteiger partial charge in [-0.1, -0.05) is 15.9 Å². The maximum absolute atomic E-state index is 12.7. The summed E-state index contributed by atoms with van der Waals surface area (Å²) in [4.78, 5) is 0. The van der Waals surface area contributed by atoms with Crippen molar-refractivity contribution in [3.8, 4) is 0 Å². The van der Waals surface area contributed by atoms with Gasteiger partial charge in [0.1, 0.15) is 0 Å². The largest absolute Gasteiger partial charge is 0.417 e. The number of halogens is 4. The lowest BCUT2D eigenvalue weighted by atomic mass is 10.2. The molecule has 1 rings (SSSR count). The Morgan fingerprint density at radius 2 is 2.10 bits per heavy atom. The minimum Gasteiger partial charge on any atom is -0.385 e. The number of rotatable bonds is 5. The molecule has 0 saturated carbocycles. The Kier molecular flexibility index (Phi) is 6.70. The summed E-state index contributed by atoms with van der Waals surface area (Å²) in [5, 5.41) is 5.88. The van der Waals surface area contributed by atoms with Crippen LogP contribution in [0.2, 0.25) is 0 Å². The van der Waals surface area contributed by atoms with Gasteiger partial charge in [-0.05, 0) is 36.8 Å². The van der Waals surface area contributed by atoms with E-state index in [1.807, 2.05) is 0 Å². The summed E-state index contributed by atoms with van der Waals surface area (Å²) in [6.45, 7) is 1.18. The number of alkyl halides is 3. The molecule has 1 aromatic rings. The standard InChI is InChI=1S/C12H14BrF3N2OS/c1-19-6-2-5-17-11(20)18-8-3-4-10(13)9(7-8)12(14,15)16/h3-4,7H,2,5-6H2,1H3,(H2,17,18,20). The molecule has 0 aliphatic carbocycles. The third-order valence-corrected chi connectivity index (χ3v) is 3.28. The summed E-state index contributed by atoms with van der Waals surface area (Å²) in [5.74, 6) is 0. The average Bonchev–Trinajstić information content (AvgIpc) is 2.36. The van der Waals surface area contributed by atoms with Gasteiger partial charge in [-0.25, -0.2) is 0 Å². The van der Waals surface area contributed by atoms with Crippen LogP contribution in [0.3, 0.4) is 0 Å². The first-order chi connectivity index (χ1) is 9.34. The lowest BCUT2D eigenvalue weighted by Crippen LogP contribution is -2.29. The van der Waals surface area contributed by atoms with Gasteiger partial charge in [0.15, 0.2) is 5.11 Å². The van der Waals surface area contributed by atoms with E-state index in [9.17, 15) is 13.2 Å². The molecule has 0 spiro atoms. The number of thiocarbonyl (C=S) groups is 1. The fourth-order valence-electron chi connectivity index (χ4n) is 1.41. The van der Waals surface area contributed by atoms with Crippen molar-refractivity contribution < 1.29 is 17.9 Å². The molecule has 20 heavy (non-hydrogen) atoms. The van der Waals surface area contributed by atoms with Gasteiger partial charge >= 0.3 is 6.18 Å². The first kappa shape index (κ1) is 17.2. The Bertz CT molecular complexity index is 469. The fourth-order valence-corrected chi connectivity index (χ4v) is 2.11. The summed E-state index contributed by atoms with van der Waals surface area (Å²) in [6.07, 6.45) is -3.66. The smallest absolute Gasteiger partial charge is 0.385 e. The molecule has 0 saturated heterocycles. The van der Waals surface area contributed by atoms with Crippen molar-refractivity contribution in [1.29, 1.82) is 0 Å². The second-order valence-electron chi connectivity index (χ2n) is 3.92. The zero-order valence-corrected chi connectivity index (χ0v) is 13.1. The summed E-state index contributed by atoms with van der Waals surface area (Å²) < 4.78 is 43.1. The van der Waals surface area contributed by atoms with Crippen LogP contribution in [0.4, 0.5) is 18.9 Å². The summed E-state index contributed by atoms with van der Waals surface area (Å²) >= 11 is 7.88. The molecule has 0 heterocycles. The minimum atomic E-state index is -4.41. The number of anilines is 1. The highest BCUT2D eigenvalue weighted by atomic mass is 79.9. The Morgan fingerprint density at radius 1 is 1.40 bits per heavy atom. The van der Waals surface area contributed by atoms with Crippen LogP contribution in [0.5, 0.6) is 0 Å². The van der Waals surface area contributed by atoms with Crippen molar-refractivity contribution in [1.82, 2.24) is 5.32 Å². The molecule has 3 nitrogen and oxygen atoms in total. The van der Waals surface area contributed by atoms with E-state index in [0.29, 0.717) is 13.2 Å². The molecule has 0 radical (unpaired) electrons. The van der Waals surface area contributed by atoms with Crippen molar-refractivity contribution in [3.05, 3.63) is 28.2 Å². The normalized spacial score (nSPS) is 11.2. The van der Waals surface area contributed by atoms with E-state index in [1.54, 1.807) is 7.11 Å². The number of methoxy groups -OCH3 is 1. The van der Waals surface area contributed by atoms with Crippen LogP contribution in [0.25, 0.3) is 0 Å². The molecule has 0 aliphatic rings. The Morgan fingerprint density at radius 3 is 2.70 bits per heavy atom. The molecule has 0 unspecified atom stereocenters. The molecule has 1 aromatic carbocycles. The molecule has 0 aromatic heterocycles. The highest BCUT2D eigenvalue weighted by Crippen LogP contribution is 2.36. The molecular weight excluding hydrogens is 357 g/mol. The summed E-state index contributed by atoms with van der Waals surface area (Å²) in [6, 6.07) is 3.86. The van der Waals surface area contributed by atoms with Crippen LogP contribution in [-0.2, 0) is 10.9 Å². The Labute approximate surface area is 129 Å². The number of nitrogens with one attached hydrogen (secondary N) is 2. The lowest BCUT2D eigenvalue weighted by Gasteiger charge is -2.14. The Hall–Kier alpha value is -0.860. The topological polar surface area (TPSA) is 33.3 Å². The Balaban J connectivity index is 2.62. The van der Waals surface area contributed by atoms with Gasteiger partial charge in [-0.15, -0.1) is 0 Å². The third-order valence-electron chi connectivity index (χ3n) is 2.34. The molecule has 0 amide bonds. The fraction of sp³-hybridized carbons (Fsp3) is 0.417. The van der Waals surface area contributed by atoms with Crippen molar-refractivity contribution >= 4 is 38.9 Å². The van der Waals surface area contributed by atoms with Gasteiger partial charge in [0.25, 0.3) is 0 Å². The second-order valence-corrected chi connectivity index (χ2v) is 5.18. The quantitative estimate of drug-likeness (QED) is 0.610. The lowest BCUT2D eigenvalue weighted by molar-refractivity contribution is -0.138. The SMILES string of the molecule is COCCCNC(=S)Nc1ccc(Br)c(C(F)(F)F)c1. The van der Waals surface area contributed by atoms with E-state index in [4.69, 9.17) is 17.0 Å². The van der Waals surface area contributed by atoms with E-state index in [0.717, 1.165) is 12.5 Å². The van der Waals surface area contributed by atoms with E-state index in [2.05, 4.69) is 26.6 Å². The van der Waals surface area contributed by atoms with Crippen molar-refractivity contribution in [2.75, 3.05) is 25.6 Å². The molecular formula is C12H14BrF3N2OS. The van der Waals surface area contributed by atoms with Crippen LogP contribution < -0.4 is 10.6 Å². The molecule has 0 bridgehead atoms. The molecule has 2 N–H and O–H groups in total. The maximum Gasteiger partial charge on any atom is 0.417 e.